The minimum atomic E-state index is -4.61. The van der Waals surface area contributed by atoms with Gasteiger partial charge in [0, 0.05) is 13.3 Å². The van der Waals surface area contributed by atoms with Gasteiger partial charge in [0.25, 0.3) is 0 Å². The first kappa shape index (κ1) is 12.7. The van der Waals surface area contributed by atoms with Crippen molar-refractivity contribution in [2.45, 2.75) is 32.0 Å². The number of hydrogen-bond acceptors (Lipinski definition) is 2. The van der Waals surface area contributed by atoms with Gasteiger partial charge < -0.3 is 10.4 Å². The first-order valence-electron chi connectivity index (χ1n) is 3.79. The van der Waals surface area contributed by atoms with Gasteiger partial charge in [-0.25, -0.2) is 0 Å². The molecule has 14 heavy (non-hydrogen) atoms. The van der Waals surface area contributed by atoms with E-state index in [0.717, 1.165) is 6.92 Å². The monoisotopic (exact) mass is 213 g/mol. The van der Waals surface area contributed by atoms with Crippen LogP contribution in [0.1, 0.15) is 19.8 Å². The molecule has 1 amide bonds. The molecule has 0 aromatic rings. The number of nitrogens with one attached hydrogen (secondary N) is 1. The van der Waals surface area contributed by atoms with Gasteiger partial charge in [-0.1, -0.05) is 0 Å². The SMILES string of the molecule is CC(=O)NC(CCC(=O)O)C(F)(F)F. The summed E-state index contributed by atoms with van der Waals surface area (Å²) in [6.45, 7) is 0.944. The molecule has 82 valence electrons. The van der Waals surface area contributed by atoms with Crippen molar-refractivity contribution in [1.29, 1.82) is 0 Å². The molecule has 0 saturated heterocycles. The number of aliphatic carboxylic acids is 1. The molecule has 4 nitrogen and oxygen atoms in total. The zero-order valence-corrected chi connectivity index (χ0v) is 7.39. The quantitative estimate of drug-likeness (QED) is 0.729. The van der Waals surface area contributed by atoms with E-state index in [9.17, 15) is 22.8 Å². The van der Waals surface area contributed by atoms with Crippen molar-refractivity contribution in [3.8, 4) is 0 Å². The first-order valence-corrected chi connectivity index (χ1v) is 3.79. The van der Waals surface area contributed by atoms with Crippen LogP contribution in [-0.4, -0.2) is 29.2 Å². The van der Waals surface area contributed by atoms with Crippen molar-refractivity contribution in [2.75, 3.05) is 0 Å². The van der Waals surface area contributed by atoms with Crippen LogP contribution in [0.15, 0.2) is 0 Å². The fourth-order valence-electron chi connectivity index (χ4n) is 0.831. The fraction of sp³-hybridized carbons (Fsp3) is 0.714. The molecule has 0 radical (unpaired) electrons. The molecule has 1 atom stereocenters. The van der Waals surface area contributed by atoms with Crippen molar-refractivity contribution in [3.05, 3.63) is 0 Å². The van der Waals surface area contributed by atoms with Crippen molar-refractivity contribution in [3.63, 3.8) is 0 Å². The van der Waals surface area contributed by atoms with E-state index in [4.69, 9.17) is 5.11 Å². The molecule has 0 aromatic heterocycles. The Bertz CT molecular complexity index is 227. The van der Waals surface area contributed by atoms with Gasteiger partial charge >= 0.3 is 12.1 Å². The smallest absolute Gasteiger partial charge is 0.408 e. The maximum atomic E-state index is 12.1. The van der Waals surface area contributed by atoms with Crippen molar-refractivity contribution >= 4 is 11.9 Å². The summed E-state index contributed by atoms with van der Waals surface area (Å²) in [6, 6.07) is -2.09. The molecule has 0 aliphatic carbocycles. The Morgan fingerprint density at radius 2 is 1.93 bits per heavy atom. The number of carboxylic acid groups (broad SMARTS) is 1. The van der Waals surface area contributed by atoms with Gasteiger partial charge in [0.05, 0.1) is 0 Å². The second kappa shape index (κ2) is 4.83. The van der Waals surface area contributed by atoms with E-state index in [2.05, 4.69) is 0 Å². The molecule has 1 unspecified atom stereocenters. The summed E-state index contributed by atoms with van der Waals surface area (Å²) in [6.07, 6.45) is -5.90. The van der Waals surface area contributed by atoms with Gasteiger partial charge in [-0.2, -0.15) is 13.2 Å². The summed E-state index contributed by atoms with van der Waals surface area (Å²) >= 11 is 0. The van der Waals surface area contributed by atoms with Crippen LogP contribution in [0.4, 0.5) is 13.2 Å². The van der Waals surface area contributed by atoms with E-state index in [-0.39, 0.29) is 0 Å². The molecule has 0 spiro atoms. The Morgan fingerprint density at radius 3 is 2.21 bits per heavy atom. The number of amides is 1. The van der Waals surface area contributed by atoms with Crippen LogP contribution in [0, 0.1) is 0 Å². The summed E-state index contributed by atoms with van der Waals surface area (Å²) in [5, 5.41) is 9.83. The van der Waals surface area contributed by atoms with Gasteiger partial charge in [0.15, 0.2) is 0 Å². The average molecular weight is 213 g/mol. The molecule has 0 aliphatic rings. The van der Waals surface area contributed by atoms with Crippen LogP contribution in [-0.2, 0) is 9.59 Å². The highest BCUT2D eigenvalue weighted by atomic mass is 19.4. The normalized spacial score (nSPS) is 13.4. The Labute approximate surface area is 78.1 Å². The summed E-state index contributed by atoms with van der Waals surface area (Å²) < 4.78 is 36.4. The van der Waals surface area contributed by atoms with E-state index in [0.29, 0.717) is 0 Å². The summed E-state index contributed by atoms with van der Waals surface area (Å²) in [4.78, 5) is 20.4. The maximum absolute atomic E-state index is 12.1. The van der Waals surface area contributed by atoms with Gasteiger partial charge in [-0.3, -0.25) is 9.59 Å². The summed E-state index contributed by atoms with van der Waals surface area (Å²) in [5.41, 5.74) is 0. The Hall–Kier alpha value is -1.27. The molecular formula is C7H10F3NO3. The molecule has 0 bridgehead atoms. The molecule has 0 heterocycles. The Kier molecular flexibility index (Phi) is 4.39. The Balaban J connectivity index is 4.26. The van der Waals surface area contributed by atoms with Gasteiger partial charge in [0.2, 0.25) is 5.91 Å². The van der Waals surface area contributed by atoms with E-state index < -0.39 is 36.9 Å². The largest absolute Gasteiger partial charge is 0.481 e. The number of hydrogen-bond donors (Lipinski definition) is 2. The molecular weight excluding hydrogens is 203 g/mol. The number of carbonyl (C=O) groups excluding carboxylic acids is 1. The predicted molar refractivity (Wildman–Crippen MR) is 40.5 cm³/mol. The Morgan fingerprint density at radius 1 is 1.43 bits per heavy atom. The van der Waals surface area contributed by atoms with E-state index in [1.54, 1.807) is 5.32 Å². The minimum Gasteiger partial charge on any atom is -0.481 e. The fourth-order valence-corrected chi connectivity index (χ4v) is 0.831. The number of carbonyl (C=O) groups is 2. The van der Waals surface area contributed by atoms with Gasteiger partial charge in [-0.05, 0) is 6.42 Å². The first-order chi connectivity index (χ1) is 6.23. The minimum absolute atomic E-state index is 0.634. The number of rotatable bonds is 4. The molecule has 0 saturated carbocycles. The standard InChI is InChI=1S/C7H10F3NO3/c1-4(12)11-5(7(8,9)10)2-3-6(13)14/h5H,2-3H2,1H3,(H,11,12)(H,13,14). The van der Waals surface area contributed by atoms with E-state index in [1.807, 2.05) is 0 Å². The van der Waals surface area contributed by atoms with Gasteiger partial charge in [0.1, 0.15) is 6.04 Å². The van der Waals surface area contributed by atoms with Crippen LogP contribution in [0.3, 0.4) is 0 Å². The second-order valence-corrected chi connectivity index (χ2v) is 2.73. The van der Waals surface area contributed by atoms with E-state index in [1.165, 1.54) is 0 Å². The zero-order chi connectivity index (χ0) is 11.4. The lowest BCUT2D eigenvalue weighted by atomic mass is 10.1. The van der Waals surface area contributed by atoms with Crippen LogP contribution >= 0.6 is 0 Å². The number of alkyl halides is 3. The van der Waals surface area contributed by atoms with Crippen molar-refractivity contribution in [2.24, 2.45) is 0 Å². The van der Waals surface area contributed by atoms with Crippen LogP contribution < -0.4 is 5.32 Å². The topological polar surface area (TPSA) is 66.4 Å². The summed E-state index contributed by atoms with van der Waals surface area (Å²) in [7, 11) is 0. The van der Waals surface area contributed by atoms with Crippen LogP contribution in [0.25, 0.3) is 0 Å². The maximum Gasteiger partial charge on any atom is 0.408 e. The molecule has 0 fully saturated rings. The third-order valence-corrected chi connectivity index (χ3v) is 1.42. The highest BCUT2D eigenvalue weighted by Gasteiger charge is 2.40. The highest BCUT2D eigenvalue weighted by molar-refractivity contribution is 5.73. The van der Waals surface area contributed by atoms with Crippen molar-refractivity contribution < 1.29 is 27.9 Å². The second-order valence-electron chi connectivity index (χ2n) is 2.73. The van der Waals surface area contributed by atoms with Gasteiger partial charge in [-0.15, -0.1) is 0 Å². The number of halogens is 3. The molecule has 0 aromatic carbocycles. The molecule has 0 aliphatic heterocycles. The average Bonchev–Trinajstić information content (AvgIpc) is 1.94. The van der Waals surface area contributed by atoms with Crippen LogP contribution in [0.5, 0.6) is 0 Å². The molecule has 7 heteroatoms. The van der Waals surface area contributed by atoms with Crippen LogP contribution in [0.2, 0.25) is 0 Å². The lowest BCUT2D eigenvalue weighted by Gasteiger charge is -2.19. The van der Waals surface area contributed by atoms with Crippen molar-refractivity contribution in [1.82, 2.24) is 5.32 Å². The lowest BCUT2D eigenvalue weighted by Crippen LogP contribution is -2.44. The lowest BCUT2D eigenvalue weighted by molar-refractivity contribution is -0.164. The highest BCUT2D eigenvalue weighted by Crippen LogP contribution is 2.23. The summed E-state index contributed by atoms with van der Waals surface area (Å²) in [5.74, 6) is -2.16. The predicted octanol–water partition coefficient (Wildman–Crippen LogP) is 0.918. The third kappa shape index (κ3) is 5.39. The zero-order valence-electron chi connectivity index (χ0n) is 7.39. The molecule has 2 N–H and O–H groups in total. The molecule has 0 rings (SSSR count). The third-order valence-electron chi connectivity index (χ3n) is 1.42. The number of carboxylic acids is 1. The van der Waals surface area contributed by atoms with E-state index >= 15 is 0 Å².